The topological polar surface area (TPSA) is 96.4 Å². The first-order chi connectivity index (χ1) is 10.4. The third-order valence-corrected chi connectivity index (χ3v) is 4.22. The number of ether oxygens (including phenoxy) is 1. The lowest BCUT2D eigenvalue weighted by Gasteiger charge is -2.09. The lowest BCUT2D eigenvalue weighted by molar-refractivity contribution is 0.0912. The summed E-state index contributed by atoms with van der Waals surface area (Å²) in [6, 6.07) is 0. The molecule has 1 aliphatic heterocycles. The number of hydrogen-bond donors (Lipinski definition) is 0. The molecule has 0 amide bonds. The summed E-state index contributed by atoms with van der Waals surface area (Å²) >= 11 is 1.54. The summed E-state index contributed by atoms with van der Waals surface area (Å²) in [7, 11) is 0. The molecule has 9 nitrogen and oxygen atoms in total. The van der Waals surface area contributed by atoms with Crippen molar-refractivity contribution in [2.24, 2.45) is 0 Å². The fourth-order valence-electron chi connectivity index (χ4n) is 2.24. The maximum Gasteiger partial charge on any atom is 0.209 e. The van der Waals surface area contributed by atoms with Gasteiger partial charge in [0.15, 0.2) is 5.82 Å². The molecule has 21 heavy (non-hydrogen) atoms. The molecule has 3 rings (SSSR count). The second-order valence-corrected chi connectivity index (χ2v) is 5.83. The molecule has 3 heterocycles. The highest BCUT2D eigenvalue weighted by molar-refractivity contribution is 7.98. The molecule has 0 radical (unpaired) electrons. The monoisotopic (exact) mass is 310 g/mol. The van der Waals surface area contributed by atoms with Crippen molar-refractivity contribution in [3.63, 3.8) is 0 Å². The minimum absolute atomic E-state index is 0.221. The van der Waals surface area contributed by atoms with E-state index in [-0.39, 0.29) is 6.10 Å². The van der Waals surface area contributed by atoms with Gasteiger partial charge in [-0.1, -0.05) is 18.7 Å². The van der Waals surface area contributed by atoms with Gasteiger partial charge < -0.3 is 4.74 Å². The number of hydrogen-bond acceptors (Lipinski definition) is 8. The quantitative estimate of drug-likeness (QED) is 0.684. The van der Waals surface area contributed by atoms with Crippen LogP contribution >= 0.6 is 11.8 Å². The summed E-state index contributed by atoms with van der Waals surface area (Å²) < 4.78 is 9.24. The zero-order valence-corrected chi connectivity index (χ0v) is 12.7. The van der Waals surface area contributed by atoms with Crippen molar-refractivity contribution in [3.05, 3.63) is 5.82 Å². The number of aromatic nitrogens is 8. The fraction of sp³-hybridized carbons (Fsp3) is 0.818. The van der Waals surface area contributed by atoms with Crippen molar-refractivity contribution in [1.82, 2.24) is 40.4 Å². The molecular weight excluding hydrogens is 292 g/mol. The molecule has 0 aliphatic carbocycles. The molecule has 1 unspecified atom stereocenters. The van der Waals surface area contributed by atoms with Crippen LogP contribution in [0.25, 0.3) is 0 Å². The van der Waals surface area contributed by atoms with Crippen molar-refractivity contribution < 1.29 is 4.74 Å². The molecule has 0 aromatic carbocycles. The van der Waals surface area contributed by atoms with Crippen molar-refractivity contribution in [2.75, 3.05) is 6.61 Å². The first-order valence-electron chi connectivity index (χ1n) is 7.12. The Labute approximate surface area is 126 Å². The van der Waals surface area contributed by atoms with E-state index in [2.05, 4.69) is 38.0 Å². The normalized spacial score (nSPS) is 18.4. The lowest BCUT2D eigenvalue weighted by Crippen LogP contribution is -2.17. The summed E-state index contributed by atoms with van der Waals surface area (Å²) in [5, 5.41) is 24.4. The van der Waals surface area contributed by atoms with Crippen molar-refractivity contribution in [3.8, 4) is 0 Å². The van der Waals surface area contributed by atoms with E-state index in [1.807, 2.05) is 4.68 Å². The second-order valence-electron chi connectivity index (χ2n) is 4.89. The van der Waals surface area contributed by atoms with Gasteiger partial charge in [-0.3, -0.25) is 0 Å². The van der Waals surface area contributed by atoms with E-state index in [1.54, 1.807) is 16.4 Å². The maximum atomic E-state index is 5.62. The smallest absolute Gasteiger partial charge is 0.209 e. The van der Waals surface area contributed by atoms with Crippen LogP contribution in [0.4, 0.5) is 0 Å². The molecule has 1 saturated heterocycles. The summed E-state index contributed by atoms with van der Waals surface area (Å²) in [6.45, 7) is 4.46. The van der Waals surface area contributed by atoms with Gasteiger partial charge in [0.05, 0.1) is 18.4 Å². The molecule has 10 heteroatoms. The van der Waals surface area contributed by atoms with Crippen LogP contribution in [0.5, 0.6) is 0 Å². The van der Waals surface area contributed by atoms with Crippen molar-refractivity contribution in [1.29, 1.82) is 0 Å². The molecule has 114 valence electrons. The largest absolute Gasteiger partial charge is 0.376 e. The van der Waals surface area contributed by atoms with Gasteiger partial charge in [0.25, 0.3) is 0 Å². The summed E-state index contributed by atoms with van der Waals surface area (Å²) in [5.74, 6) is 1.49. The average Bonchev–Trinajstić information content (AvgIpc) is 3.20. The Morgan fingerprint density at radius 2 is 2.10 bits per heavy atom. The number of rotatable bonds is 7. The van der Waals surface area contributed by atoms with E-state index in [0.717, 1.165) is 43.4 Å². The Hall–Kier alpha value is -1.55. The van der Waals surface area contributed by atoms with Crippen molar-refractivity contribution in [2.45, 2.75) is 56.3 Å². The van der Waals surface area contributed by atoms with Gasteiger partial charge in [0.1, 0.15) is 0 Å². The Kier molecular flexibility index (Phi) is 4.76. The van der Waals surface area contributed by atoms with E-state index in [4.69, 9.17) is 4.74 Å². The van der Waals surface area contributed by atoms with Gasteiger partial charge in [-0.05, 0) is 40.1 Å². The minimum Gasteiger partial charge on any atom is -0.376 e. The maximum absolute atomic E-state index is 5.62. The molecule has 0 bridgehead atoms. The number of tetrazole rings is 2. The number of aryl methyl sites for hydroxylation is 1. The van der Waals surface area contributed by atoms with Crippen LogP contribution in [-0.4, -0.2) is 53.1 Å². The standard InChI is InChI=1S/C11H18N8OS/c1-2-5-18-10(12-14-16-18)8-21-11-13-15-17-19(11)7-9-4-3-6-20-9/h9H,2-8H2,1H3. The SMILES string of the molecule is CCCn1nnnc1CSc1nnnn1CC1CCCO1. The summed E-state index contributed by atoms with van der Waals surface area (Å²) in [6.07, 6.45) is 3.40. The average molecular weight is 310 g/mol. The van der Waals surface area contributed by atoms with E-state index < -0.39 is 0 Å². The van der Waals surface area contributed by atoms with Crippen LogP contribution in [0, 0.1) is 0 Å². The van der Waals surface area contributed by atoms with Crippen LogP contribution in [0.15, 0.2) is 5.16 Å². The molecular formula is C11H18N8OS. The molecule has 2 aromatic heterocycles. The van der Waals surface area contributed by atoms with Gasteiger partial charge in [-0.25, -0.2) is 9.36 Å². The van der Waals surface area contributed by atoms with Crippen LogP contribution < -0.4 is 0 Å². The van der Waals surface area contributed by atoms with E-state index >= 15 is 0 Å². The van der Waals surface area contributed by atoms with Gasteiger partial charge in [-0.15, -0.1) is 10.2 Å². The Morgan fingerprint density at radius 1 is 1.24 bits per heavy atom. The molecule has 0 N–H and O–H groups in total. The van der Waals surface area contributed by atoms with Gasteiger partial charge in [0, 0.05) is 13.2 Å². The second kappa shape index (κ2) is 6.94. The predicted octanol–water partition coefficient (Wildman–Crippen LogP) is 0.541. The number of thioether (sulfide) groups is 1. The zero-order valence-electron chi connectivity index (χ0n) is 11.9. The molecule has 1 fully saturated rings. The molecule has 0 saturated carbocycles. The first kappa shape index (κ1) is 14.4. The highest BCUT2D eigenvalue weighted by Crippen LogP contribution is 2.21. The van der Waals surface area contributed by atoms with Crippen LogP contribution in [0.1, 0.15) is 32.0 Å². The molecule has 2 aromatic rings. The van der Waals surface area contributed by atoms with Crippen LogP contribution in [0.2, 0.25) is 0 Å². The van der Waals surface area contributed by atoms with Crippen LogP contribution in [0.3, 0.4) is 0 Å². The molecule has 1 atom stereocenters. The Balaban J connectivity index is 1.60. The summed E-state index contributed by atoms with van der Waals surface area (Å²) in [4.78, 5) is 0. The molecule has 0 spiro atoms. The first-order valence-corrected chi connectivity index (χ1v) is 8.11. The van der Waals surface area contributed by atoms with Crippen molar-refractivity contribution >= 4 is 11.8 Å². The zero-order chi connectivity index (χ0) is 14.5. The molecule has 1 aliphatic rings. The predicted molar refractivity (Wildman–Crippen MR) is 74.5 cm³/mol. The highest BCUT2D eigenvalue weighted by atomic mass is 32.2. The Morgan fingerprint density at radius 3 is 2.90 bits per heavy atom. The van der Waals surface area contributed by atoms with E-state index in [1.165, 1.54) is 0 Å². The van der Waals surface area contributed by atoms with Gasteiger partial charge in [0.2, 0.25) is 5.16 Å². The summed E-state index contributed by atoms with van der Waals surface area (Å²) in [5.41, 5.74) is 0. The van der Waals surface area contributed by atoms with E-state index in [0.29, 0.717) is 12.3 Å². The fourth-order valence-corrected chi connectivity index (χ4v) is 3.06. The van der Waals surface area contributed by atoms with Gasteiger partial charge >= 0.3 is 0 Å². The van der Waals surface area contributed by atoms with Gasteiger partial charge in [-0.2, -0.15) is 0 Å². The van der Waals surface area contributed by atoms with E-state index in [9.17, 15) is 0 Å². The number of nitrogens with zero attached hydrogens (tertiary/aromatic N) is 8. The third kappa shape index (κ3) is 3.56. The van der Waals surface area contributed by atoms with Crippen LogP contribution in [-0.2, 0) is 23.6 Å². The Bertz CT molecular complexity index is 564. The minimum atomic E-state index is 0.221. The third-order valence-electron chi connectivity index (χ3n) is 3.27. The lowest BCUT2D eigenvalue weighted by atomic mass is 10.2. The highest BCUT2D eigenvalue weighted by Gasteiger charge is 2.19.